The zero-order valence-electron chi connectivity index (χ0n) is 15.2. The summed E-state index contributed by atoms with van der Waals surface area (Å²) < 4.78 is 28.8. The first kappa shape index (κ1) is 19.3. The average molecular weight is 386 g/mol. The van der Waals surface area contributed by atoms with Crippen LogP contribution in [0.15, 0.2) is 47.6 Å². The van der Waals surface area contributed by atoms with Gasteiger partial charge < -0.3 is 14.2 Å². The minimum Gasteiger partial charge on any atom is -0.493 e. The van der Waals surface area contributed by atoms with Crippen molar-refractivity contribution in [3.63, 3.8) is 0 Å². The highest BCUT2D eigenvalue weighted by molar-refractivity contribution is 5.84. The Kier molecular flexibility index (Phi) is 6.21. The third-order valence-electron chi connectivity index (χ3n) is 3.88. The van der Waals surface area contributed by atoms with Crippen molar-refractivity contribution in [1.29, 1.82) is 0 Å². The highest BCUT2D eigenvalue weighted by Gasteiger charge is 2.32. The van der Waals surface area contributed by atoms with Crippen molar-refractivity contribution in [2.75, 3.05) is 13.7 Å². The van der Waals surface area contributed by atoms with Gasteiger partial charge in [-0.3, -0.25) is 9.59 Å². The van der Waals surface area contributed by atoms with Crippen molar-refractivity contribution in [2.45, 2.75) is 12.8 Å². The van der Waals surface area contributed by atoms with E-state index in [-0.39, 0.29) is 24.2 Å². The second-order valence-electron chi connectivity index (χ2n) is 6.14. The lowest BCUT2D eigenvalue weighted by Gasteiger charge is -2.09. The summed E-state index contributed by atoms with van der Waals surface area (Å²) in [7, 11) is 1.47. The van der Waals surface area contributed by atoms with Gasteiger partial charge in [0.2, 0.25) is 0 Å². The molecule has 1 aliphatic carbocycles. The predicted molar refractivity (Wildman–Crippen MR) is 99.0 cm³/mol. The van der Waals surface area contributed by atoms with E-state index in [1.165, 1.54) is 31.5 Å². The van der Waals surface area contributed by atoms with Crippen molar-refractivity contribution in [3.8, 4) is 17.2 Å². The Hall–Kier alpha value is -3.42. The van der Waals surface area contributed by atoms with Crippen LogP contribution in [0.3, 0.4) is 0 Å². The summed E-state index contributed by atoms with van der Waals surface area (Å²) in [4.78, 5) is 23.5. The molecular formula is C20H19FN2O5. The number of hydrazone groups is 1. The third-order valence-corrected chi connectivity index (χ3v) is 3.88. The minimum atomic E-state index is -0.498. The lowest BCUT2D eigenvalue weighted by atomic mass is 10.2. The maximum absolute atomic E-state index is 13.0. The molecule has 1 fully saturated rings. The summed E-state index contributed by atoms with van der Waals surface area (Å²) in [6, 6.07) is 10.4. The van der Waals surface area contributed by atoms with Gasteiger partial charge in [0, 0.05) is 6.07 Å². The van der Waals surface area contributed by atoms with Crippen LogP contribution in [0.25, 0.3) is 0 Å². The number of hydrogen-bond acceptors (Lipinski definition) is 6. The van der Waals surface area contributed by atoms with Crippen LogP contribution < -0.4 is 19.6 Å². The molecule has 1 N–H and O–H groups in total. The van der Waals surface area contributed by atoms with Gasteiger partial charge in [0.25, 0.3) is 5.91 Å². The summed E-state index contributed by atoms with van der Waals surface area (Å²) in [6.45, 7) is -0.305. The van der Waals surface area contributed by atoms with E-state index in [1.54, 1.807) is 24.3 Å². The zero-order valence-corrected chi connectivity index (χ0v) is 15.2. The normalized spacial score (nSPS) is 13.2. The van der Waals surface area contributed by atoms with E-state index in [2.05, 4.69) is 10.5 Å². The largest absolute Gasteiger partial charge is 0.493 e. The predicted octanol–water partition coefficient (Wildman–Crippen LogP) is 2.68. The fourth-order valence-electron chi connectivity index (χ4n) is 2.28. The molecule has 28 heavy (non-hydrogen) atoms. The van der Waals surface area contributed by atoms with Crippen LogP contribution in [0.4, 0.5) is 4.39 Å². The van der Waals surface area contributed by atoms with Crippen LogP contribution in [0.2, 0.25) is 0 Å². The van der Waals surface area contributed by atoms with Crippen LogP contribution >= 0.6 is 0 Å². The first-order valence-corrected chi connectivity index (χ1v) is 8.65. The summed E-state index contributed by atoms with van der Waals surface area (Å²) in [6.07, 6.45) is 3.12. The molecule has 0 aliphatic heterocycles. The van der Waals surface area contributed by atoms with Gasteiger partial charge in [-0.2, -0.15) is 5.10 Å². The number of rotatable bonds is 8. The molecule has 7 nitrogen and oxygen atoms in total. The Labute approximate surface area is 161 Å². The summed E-state index contributed by atoms with van der Waals surface area (Å²) in [5.41, 5.74) is 2.94. The lowest BCUT2D eigenvalue weighted by Crippen LogP contribution is -2.24. The van der Waals surface area contributed by atoms with Gasteiger partial charge in [-0.05, 0) is 48.7 Å². The molecule has 8 heteroatoms. The number of carbonyl (C=O) groups is 2. The number of benzene rings is 2. The molecule has 1 saturated carbocycles. The van der Waals surface area contributed by atoms with Crippen LogP contribution in [0.5, 0.6) is 17.2 Å². The Balaban J connectivity index is 1.51. The average Bonchev–Trinajstić information content (AvgIpc) is 3.53. The fraction of sp³-hybridized carbons (Fsp3) is 0.250. The molecule has 0 radical (unpaired) electrons. The fourth-order valence-corrected chi connectivity index (χ4v) is 2.28. The Morgan fingerprint density at radius 3 is 2.75 bits per heavy atom. The molecule has 3 rings (SSSR count). The van der Waals surface area contributed by atoms with Gasteiger partial charge in [0.15, 0.2) is 18.1 Å². The topological polar surface area (TPSA) is 86.2 Å². The van der Waals surface area contributed by atoms with E-state index in [0.29, 0.717) is 17.1 Å². The van der Waals surface area contributed by atoms with Crippen LogP contribution in [0, 0.1) is 11.7 Å². The van der Waals surface area contributed by atoms with Gasteiger partial charge in [0.1, 0.15) is 11.6 Å². The molecule has 1 aliphatic rings. The SMILES string of the molecule is COc1cc(/C=N\NC(=O)COc2cccc(F)c2)ccc1OC(=O)C1CC1. The van der Waals surface area contributed by atoms with Gasteiger partial charge >= 0.3 is 5.97 Å². The number of hydrogen-bond donors (Lipinski definition) is 1. The highest BCUT2D eigenvalue weighted by Crippen LogP contribution is 2.34. The summed E-state index contributed by atoms with van der Waals surface area (Å²) >= 11 is 0. The summed E-state index contributed by atoms with van der Waals surface area (Å²) in [5.74, 6) is -0.248. The number of nitrogens with zero attached hydrogens (tertiary/aromatic N) is 1. The standard InChI is InChI=1S/C20H19FN2O5/c1-26-18-9-13(5-8-17(18)28-20(25)14-6-7-14)11-22-23-19(24)12-27-16-4-2-3-15(21)10-16/h2-5,8-11,14H,6-7,12H2,1H3,(H,23,24)/b22-11-. The maximum Gasteiger partial charge on any atom is 0.314 e. The number of amides is 1. The van der Waals surface area contributed by atoms with E-state index in [1.807, 2.05) is 0 Å². The third kappa shape index (κ3) is 5.54. The first-order valence-electron chi connectivity index (χ1n) is 8.65. The molecule has 0 heterocycles. The van der Waals surface area contributed by atoms with E-state index in [0.717, 1.165) is 12.8 Å². The molecule has 0 saturated heterocycles. The number of carbonyl (C=O) groups excluding carboxylic acids is 2. The molecule has 0 atom stereocenters. The lowest BCUT2D eigenvalue weighted by molar-refractivity contribution is -0.135. The second-order valence-corrected chi connectivity index (χ2v) is 6.14. The van der Waals surface area contributed by atoms with Gasteiger partial charge in [-0.25, -0.2) is 9.82 Å². The maximum atomic E-state index is 13.0. The van der Waals surface area contributed by atoms with Crippen LogP contribution in [0.1, 0.15) is 18.4 Å². The Morgan fingerprint density at radius 1 is 1.21 bits per heavy atom. The molecule has 146 valence electrons. The van der Waals surface area contributed by atoms with Gasteiger partial charge in [-0.1, -0.05) is 6.07 Å². The highest BCUT2D eigenvalue weighted by atomic mass is 19.1. The van der Waals surface area contributed by atoms with E-state index < -0.39 is 11.7 Å². The van der Waals surface area contributed by atoms with Crippen LogP contribution in [-0.2, 0) is 9.59 Å². The van der Waals surface area contributed by atoms with E-state index in [9.17, 15) is 14.0 Å². The van der Waals surface area contributed by atoms with Crippen molar-refractivity contribution in [1.82, 2.24) is 5.43 Å². The van der Waals surface area contributed by atoms with Crippen molar-refractivity contribution >= 4 is 18.1 Å². The quantitative estimate of drug-likeness (QED) is 0.326. The Morgan fingerprint density at radius 2 is 2.04 bits per heavy atom. The van der Waals surface area contributed by atoms with Crippen LogP contribution in [-0.4, -0.2) is 31.8 Å². The number of esters is 1. The number of methoxy groups -OCH3 is 1. The molecule has 0 spiro atoms. The second kappa shape index (κ2) is 8.98. The van der Waals surface area contributed by atoms with Crippen molar-refractivity contribution < 1.29 is 28.2 Å². The van der Waals surface area contributed by atoms with Gasteiger partial charge in [-0.15, -0.1) is 0 Å². The monoisotopic (exact) mass is 386 g/mol. The van der Waals surface area contributed by atoms with E-state index in [4.69, 9.17) is 14.2 Å². The number of ether oxygens (including phenoxy) is 3. The zero-order chi connectivity index (χ0) is 19.9. The molecule has 1 amide bonds. The van der Waals surface area contributed by atoms with Crippen molar-refractivity contribution in [2.24, 2.45) is 11.0 Å². The van der Waals surface area contributed by atoms with Gasteiger partial charge in [0.05, 0.1) is 19.2 Å². The minimum absolute atomic E-state index is 0.0178. The number of halogens is 1. The molecule has 0 aromatic heterocycles. The smallest absolute Gasteiger partial charge is 0.314 e. The summed E-state index contributed by atoms with van der Waals surface area (Å²) in [5, 5.41) is 3.83. The molecule has 0 bridgehead atoms. The molecule has 0 unspecified atom stereocenters. The molecule has 2 aromatic carbocycles. The Bertz CT molecular complexity index is 896. The first-order chi connectivity index (χ1) is 13.5. The van der Waals surface area contributed by atoms with E-state index >= 15 is 0 Å². The van der Waals surface area contributed by atoms with Crippen molar-refractivity contribution in [3.05, 3.63) is 53.8 Å². The molecular weight excluding hydrogens is 367 g/mol. The molecule has 2 aromatic rings. The number of nitrogens with one attached hydrogen (secondary N) is 1.